The first-order chi connectivity index (χ1) is 15.5. The van der Waals surface area contributed by atoms with Crippen molar-refractivity contribution >= 4 is 23.5 Å². The summed E-state index contributed by atoms with van der Waals surface area (Å²) in [5.41, 5.74) is 3.55. The number of benzene rings is 2. The molecule has 32 heavy (non-hydrogen) atoms. The van der Waals surface area contributed by atoms with E-state index in [1.807, 2.05) is 32.0 Å². The molecule has 3 rings (SSSR count). The van der Waals surface area contributed by atoms with Gasteiger partial charge in [-0.1, -0.05) is 6.07 Å². The third-order valence-corrected chi connectivity index (χ3v) is 4.95. The van der Waals surface area contributed by atoms with E-state index in [9.17, 15) is 14.4 Å². The molecule has 0 fully saturated rings. The minimum absolute atomic E-state index is 0.319. The number of hydrogen-bond donors (Lipinski definition) is 2. The maximum atomic E-state index is 12.4. The van der Waals surface area contributed by atoms with Gasteiger partial charge in [-0.25, -0.2) is 0 Å². The van der Waals surface area contributed by atoms with E-state index in [4.69, 9.17) is 14.2 Å². The number of nitrogens with one attached hydrogen (secondary N) is 2. The second-order valence-electron chi connectivity index (χ2n) is 7.26. The third kappa shape index (κ3) is 6.23. The molecule has 2 N–H and O–H groups in total. The van der Waals surface area contributed by atoms with Crippen LogP contribution in [-0.2, 0) is 27.2 Å². The number of aryl methyl sites for hydroxylation is 2. The molecule has 8 heteroatoms. The molecule has 2 aromatic carbocycles. The highest BCUT2D eigenvalue weighted by Crippen LogP contribution is 2.28. The molecule has 2 aromatic rings. The average molecular weight is 440 g/mol. The van der Waals surface area contributed by atoms with Gasteiger partial charge in [0.15, 0.2) is 18.1 Å². The van der Waals surface area contributed by atoms with Crippen LogP contribution in [0.25, 0.3) is 0 Å². The van der Waals surface area contributed by atoms with Crippen molar-refractivity contribution in [3.05, 3.63) is 53.1 Å². The van der Waals surface area contributed by atoms with Crippen LogP contribution in [0, 0.1) is 0 Å². The lowest BCUT2D eigenvalue weighted by atomic mass is 10.1. The topological polar surface area (TPSA) is 103 Å². The Morgan fingerprint density at radius 2 is 1.66 bits per heavy atom. The van der Waals surface area contributed by atoms with E-state index in [1.165, 1.54) is 11.1 Å². The van der Waals surface area contributed by atoms with Gasteiger partial charge in [0.2, 0.25) is 0 Å². The number of fused-ring (bicyclic) bond motifs is 1. The maximum Gasteiger partial charge on any atom is 0.325 e. The lowest BCUT2D eigenvalue weighted by Crippen LogP contribution is -2.32. The molecular weight excluding hydrogens is 412 g/mol. The van der Waals surface area contributed by atoms with E-state index in [0.717, 1.165) is 19.3 Å². The molecule has 0 unspecified atom stereocenters. The number of rotatable bonds is 10. The molecule has 1 aliphatic rings. The lowest BCUT2D eigenvalue weighted by Gasteiger charge is -2.12. The highest BCUT2D eigenvalue weighted by molar-refractivity contribution is 5.97. The predicted molar refractivity (Wildman–Crippen MR) is 119 cm³/mol. The van der Waals surface area contributed by atoms with Crippen molar-refractivity contribution in [2.75, 3.05) is 31.7 Å². The first-order valence-corrected chi connectivity index (χ1v) is 10.7. The van der Waals surface area contributed by atoms with Crippen LogP contribution in [-0.4, -0.2) is 44.1 Å². The van der Waals surface area contributed by atoms with Gasteiger partial charge >= 0.3 is 5.97 Å². The average Bonchev–Trinajstić information content (AvgIpc) is 3.25. The fraction of sp³-hybridized carbons (Fsp3) is 0.375. The Morgan fingerprint density at radius 3 is 2.44 bits per heavy atom. The zero-order chi connectivity index (χ0) is 22.9. The zero-order valence-electron chi connectivity index (χ0n) is 18.4. The van der Waals surface area contributed by atoms with Crippen molar-refractivity contribution in [2.24, 2.45) is 0 Å². The Balaban J connectivity index is 1.44. The number of esters is 1. The minimum atomic E-state index is -0.710. The van der Waals surface area contributed by atoms with Crippen molar-refractivity contribution in [1.29, 1.82) is 0 Å². The van der Waals surface area contributed by atoms with Crippen LogP contribution in [0.4, 0.5) is 5.69 Å². The van der Waals surface area contributed by atoms with E-state index in [0.29, 0.717) is 36.0 Å². The molecule has 8 nitrogen and oxygen atoms in total. The van der Waals surface area contributed by atoms with Crippen LogP contribution in [0.15, 0.2) is 36.4 Å². The van der Waals surface area contributed by atoms with Crippen LogP contribution in [0.3, 0.4) is 0 Å². The van der Waals surface area contributed by atoms with Gasteiger partial charge in [0.25, 0.3) is 11.8 Å². The standard InChI is InChI=1S/C24H28N2O6/c1-3-30-20-11-9-18(13-21(20)31-4-2)24(29)25-14-23(28)32-15-22(27)26-19-10-8-16-6-5-7-17(16)12-19/h8-13H,3-7,14-15H2,1-2H3,(H,25,29)(H,26,27). The molecule has 0 atom stereocenters. The van der Waals surface area contributed by atoms with Crippen LogP contribution in [0.1, 0.15) is 41.8 Å². The zero-order valence-corrected chi connectivity index (χ0v) is 18.4. The van der Waals surface area contributed by atoms with Crippen LogP contribution in [0.5, 0.6) is 11.5 Å². The molecule has 0 radical (unpaired) electrons. The van der Waals surface area contributed by atoms with E-state index >= 15 is 0 Å². The third-order valence-electron chi connectivity index (χ3n) is 4.95. The second kappa shape index (κ2) is 11.2. The lowest BCUT2D eigenvalue weighted by molar-refractivity contribution is -0.146. The Bertz CT molecular complexity index is 988. The van der Waals surface area contributed by atoms with E-state index in [2.05, 4.69) is 10.6 Å². The number of ether oxygens (including phenoxy) is 3. The summed E-state index contributed by atoms with van der Waals surface area (Å²) in [6, 6.07) is 10.6. The Hall–Kier alpha value is -3.55. The smallest absolute Gasteiger partial charge is 0.325 e. The summed E-state index contributed by atoms with van der Waals surface area (Å²) < 4.78 is 15.9. The Labute approximate surface area is 187 Å². The largest absolute Gasteiger partial charge is 0.490 e. The van der Waals surface area contributed by atoms with E-state index in [-0.39, 0.29) is 6.54 Å². The van der Waals surface area contributed by atoms with Crippen LogP contribution in [0.2, 0.25) is 0 Å². The Kier molecular flexibility index (Phi) is 8.08. The van der Waals surface area contributed by atoms with Gasteiger partial charge in [-0.05, 0) is 74.6 Å². The molecule has 0 heterocycles. The van der Waals surface area contributed by atoms with E-state index < -0.39 is 24.4 Å². The molecule has 0 saturated heterocycles. The first-order valence-electron chi connectivity index (χ1n) is 10.7. The summed E-state index contributed by atoms with van der Waals surface area (Å²) in [4.78, 5) is 36.3. The minimum Gasteiger partial charge on any atom is -0.490 e. The van der Waals surface area contributed by atoms with Crippen molar-refractivity contribution in [2.45, 2.75) is 33.1 Å². The maximum absolute atomic E-state index is 12.4. The van der Waals surface area contributed by atoms with Crippen molar-refractivity contribution < 1.29 is 28.6 Å². The van der Waals surface area contributed by atoms with Crippen molar-refractivity contribution in [3.63, 3.8) is 0 Å². The molecule has 0 aromatic heterocycles. The number of hydrogen-bond acceptors (Lipinski definition) is 6. The SMILES string of the molecule is CCOc1ccc(C(=O)NCC(=O)OCC(=O)Nc2ccc3c(c2)CCC3)cc1OCC. The molecule has 0 spiro atoms. The molecule has 0 saturated carbocycles. The molecule has 0 aliphatic heterocycles. The van der Waals surface area contributed by atoms with Crippen molar-refractivity contribution in [3.8, 4) is 11.5 Å². The highest BCUT2D eigenvalue weighted by Gasteiger charge is 2.15. The number of carbonyl (C=O) groups excluding carboxylic acids is 3. The Morgan fingerprint density at radius 1 is 0.906 bits per heavy atom. The van der Waals surface area contributed by atoms with Crippen molar-refractivity contribution in [1.82, 2.24) is 5.32 Å². The van der Waals surface area contributed by atoms with Gasteiger partial charge < -0.3 is 24.8 Å². The van der Waals surface area contributed by atoms with Gasteiger partial charge in [-0.2, -0.15) is 0 Å². The molecule has 1 aliphatic carbocycles. The van der Waals surface area contributed by atoms with Gasteiger partial charge in [0.1, 0.15) is 6.54 Å². The van der Waals surface area contributed by atoms with Crippen LogP contribution < -0.4 is 20.1 Å². The van der Waals surface area contributed by atoms with Crippen LogP contribution >= 0.6 is 0 Å². The van der Waals surface area contributed by atoms with Gasteiger partial charge in [-0.15, -0.1) is 0 Å². The fourth-order valence-electron chi connectivity index (χ4n) is 3.49. The van der Waals surface area contributed by atoms with Gasteiger partial charge in [-0.3, -0.25) is 14.4 Å². The van der Waals surface area contributed by atoms with Gasteiger partial charge in [0.05, 0.1) is 13.2 Å². The van der Waals surface area contributed by atoms with Gasteiger partial charge in [0, 0.05) is 11.3 Å². The quantitative estimate of drug-likeness (QED) is 0.551. The summed E-state index contributed by atoms with van der Waals surface area (Å²) in [5, 5.41) is 5.20. The van der Waals surface area contributed by atoms with E-state index in [1.54, 1.807) is 18.2 Å². The first kappa shape index (κ1) is 23.1. The summed E-state index contributed by atoms with van der Waals surface area (Å²) in [5.74, 6) is -0.616. The second-order valence-corrected chi connectivity index (χ2v) is 7.26. The predicted octanol–water partition coefficient (Wildman–Crippen LogP) is 2.88. The number of amides is 2. The fourth-order valence-corrected chi connectivity index (χ4v) is 3.49. The number of anilines is 1. The number of carbonyl (C=O) groups is 3. The highest BCUT2D eigenvalue weighted by atomic mass is 16.5. The molecule has 170 valence electrons. The normalized spacial score (nSPS) is 11.9. The molecule has 0 bridgehead atoms. The molecule has 2 amide bonds. The summed E-state index contributed by atoms with van der Waals surface area (Å²) in [6.45, 7) is 3.79. The summed E-state index contributed by atoms with van der Waals surface area (Å²) >= 11 is 0. The summed E-state index contributed by atoms with van der Waals surface area (Å²) in [6.07, 6.45) is 3.20. The molecular formula is C24H28N2O6. The summed E-state index contributed by atoms with van der Waals surface area (Å²) in [7, 11) is 0. The monoisotopic (exact) mass is 440 g/mol.